The second-order valence-corrected chi connectivity index (χ2v) is 5.88. The van der Waals surface area contributed by atoms with Crippen LogP contribution in [0.4, 0.5) is 5.69 Å². The quantitative estimate of drug-likeness (QED) is 0.938. The van der Waals surface area contributed by atoms with E-state index in [-0.39, 0.29) is 5.91 Å². The van der Waals surface area contributed by atoms with Gasteiger partial charge in [0.15, 0.2) is 0 Å². The molecule has 100 valence electrons. The number of rotatable bonds is 3. The van der Waals surface area contributed by atoms with Gasteiger partial charge in [0.2, 0.25) is 0 Å². The fourth-order valence-electron chi connectivity index (χ4n) is 2.00. The third-order valence-corrected chi connectivity index (χ3v) is 4.56. The molecule has 1 amide bonds. The van der Waals surface area contributed by atoms with Crippen LogP contribution in [0, 0.1) is 18.3 Å². The summed E-state index contributed by atoms with van der Waals surface area (Å²) in [5, 5.41) is 12.9. The molecule has 20 heavy (non-hydrogen) atoms. The summed E-state index contributed by atoms with van der Waals surface area (Å²) in [5.74, 6) is 0.362. The van der Waals surface area contributed by atoms with Crippen LogP contribution in [0.2, 0.25) is 0 Å². The van der Waals surface area contributed by atoms with Gasteiger partial charge in [-0.1, -0.05) is 12.1 Å². The van der Waals surface area contributed by atoms with Gasteiger partial charge in [0.25, 0.3) is 5.91 Å². The molecule has 0 aliphatic heterocycles. The van der Waals surface area contributed by atoms with Gasteiger partial charge >= 0.3 is 0 Å². The van der Waals surface area contributed by atoms with Gasteiger partial charge < -0.3 is 5.32 Å². The van der Waals surface area contributed by atoms with Crippen molar-refractivity contribution in [1.29, 1.82) is 5.26 Å². The topological polar surface area (TPSA) is 65.8 Å². The van der Waals surface area contributed by atoms with Crippen molar-refractivity contribution in [3.63, 3.8) is 0 Å². The number of benzene rings is 1. The van der Waals surface area contributed by atoms with Crippen LogP contribution < -0.4 is 5.32 Å². The van der Waals surface area contributed by atoms with Crippen molar-refractivity contribution >= 4 is 22.9 Å². The van der Waals surface area contributed by atoms with Crippen LogP contribution in [0.25, 0.3) is 0 Å². The molecule has 1 aromatic carbocycles. The second kappa shape index (κ2) is 5.06. The van der Waals surface area contributed by atoms with Crippen LogP contribution in [0.1, 0.15) is 44.7 Å². The van der Waals surface area contributed by atoms with Crippen molar-refractivity contribution in [3.8, 4) is 6.07 Å². The third kappa shape index (κ3) is 2.43. The molecule has 0 spiro atoms. The summed E-state index contributed by atoms with van der Waals surface area (Å²) in [5.41, 5.74) is 1.77. The number of hydrogen-bond acceptors (Lipinski definition) is 4. The van der Waals surface area contributed by atoms with E-state index in [1.165, 1.54) is 24.2 Å². The Hall–Kier alpha value is -2.19. The molecule has 1 saturated carbocycles. The number of para-hydroxylation sites is 1. The molecule has 1 heterocycles. The van der Waals surface area contributed by atoms with E-state index in [1.807, 2.05) is 6.92 Å². The monoisotopic (exact) mass is 283 g/mol. The number of nitrogens with one attached hydrogen (secondary N) is 1. The SMILES string of the molecule is Cc1nc(C2CC2)sc1C(=O)Nc1ccccc1C#N. The van der Waals surface area contributed by atoms with E-state index in [0.29, 0.717) is 22.0 Å². The summed E-state index contributed by atoms with van der Waals surface area (Å²) in [7, 11) is 0. The molecule has 0 atom stereocenters. The van der Waals surface area contributed by atoms with Crippen molar-refractivity contribution in [2.75, 3.05) is 5.32 Å². The van der Waals surface area contributed by atoms with E-state index in [2.05, 4.69) is 16.4 Å². The molecule has 1 N–H and O–H groups in total. The number of aromatic nitrogens is 1. The highest BCUT2D eigenvalue weighted by Gasteiger charge is 2.29. The lowest BCUT2D eigenvalue weighted by Gasteiger charge is -2.05. The summed E-state index contributed by atoms with van der Waals surface area (Å²) in [6.07, 6.45) is 2.34. The van der Waals surface area contributed by atoms with Crippen LogP contribution >= 0.6 is 11.3 Å². The largest absolute Gasteiger partial charge is 0.320 e. The zero-order chi connectivity index (χ0) is 14.1. The smallest absolute Gasteiger partial charge is 0.267 e. The normalized spacial score (nSPS) is 13.8. The molecule has 1 fully saturated rings. The molecular formula is C15H13N3OS. The zero-order valence-corrected chi connectivity index (χ0v) is 11.8. The summed E-state index contributed by atoms with van der Waals surface area (Å²) in [4.78, 5) is 17.4. The Morgan fingerprint density at radius 3 is 2.90 bits per heavy atom. The first-order valence-electron chi connectivity index (χ1n) is 6.47. The van der Waals surface area contributed by atoms with Crippen LogP contribution in [-0.4, -0.2) is 10.9 Å². The number of nitrogens with zero attached hydrogens (tertiary/aromatic N) is 2. The van der Waals surface area contributed by atoms with Crippen molar-refractivity contribution in [3.05, 3.63) is 45.4 Å². The van der Waals surface area contributed by atoms with Gasteiger partial charge in [0, 0.05) is 5.92 Å². The molecule has 0 bridgehead atoms. The fourth-order valence-corrected chi connectivity index (χ4v) is 3.13. The fraction of sp³-hybridized carbons (Fsp3) is 0.267. The summed E-state index contributed by atoms with van der Waals surface area (Å²) < 4.78 is 0. The van der Waals surface area contributed by atoms with Gasteiger partial charge in [-0.05, 0) is 31.9 Å². The highest BCUT2D eigenvalue weighted by atomic mass is 32.1. The first-order valence-corrected chi connectivity index (χ1v) is 7.28. The highest BCUT2D eigenvalue weighted by molar-refractivity contribution is 7.14. The molecule has 2 aromatic rings. The number of hydrogen-bond donors (Lipinski definition) is 1. The Labute approximate surface area is 121 Å². The molecule has 3 rings (SSSR count). The lowest BCUT2D eigenvalue weighted by atomic mass is 10.2. The van der Waals surface area contributed by atoms with Crippen LogP contribution in [0.3, 0.4) is 0 Å². The van der Waals surface area contributed by atoms with Crippen molar-refractivity contribution < 1.29 is 4.79 Å². The predicted molar refractivity (Wildman–Crippen MR) is 77.9 cm³/mol. The predicted octanol–water partition coefficient (Wildman–Crippen LogP) is 3.45. The number of carbonyl (C=O) groups is 1. The highest BCUT2D eigenvalue weighted by Crippen LogP contribution is 2.42. The summed E-state index contributed by atoms with van der Waals surface area (Å²) in [6, 6.07) is 9.06. The molecule has 1 aliphatic carbocycles. The number of thiazole rings is 1. The Morgan fingerprint density at radius 1 is 1.45 bits per heavy atom. The first-order chi connectivity index (χ1) is 9.69. The van der Waals surface area contributed by atoms with E-state index in [9.17, 15) is 4.79 Å². The molecule has 0 radical (unpaired) electrons. The van der Waals surface area contributed by atoms with Gasteiger partial charge in [-0.2, -0.15) is 5.26 Å². The zero-order valence-electron chi connectivity index (χ0n) is 11.0. The van der Waals surface area contributed by atoms with E-state index in [0.717, 1.165) is 10.7 Å². The lowest BCUT2D eigenvalue weighted by Crippen LogP contribution is -2.12. The second-order valence-electron chi connectivity index (χ2n) is 4.85. The van der Waals surface area contributed by atoms with Crippen LogP contribution in [0.15, 0.2) is 24.3 Å². The molecule has 5 heteroatoms. The maximum Gasteiger partial charge on any atom is 0.267 e. The minimum absolute atomic E-state index is 0.186. The van der Waals surface area contributed by atoms with E-state index < -0.39 is 0 Å². The maximum atomic E-state index is 12.3. The molecular weight excluding hydrogens is 270 g/mol. The van der Waals surface area contributed by atoms with Gasteiger partial charge in [-0.15, -0.1) is 11.3 Å². The lowest BCUT2D eigenvalue weighted by molar-refractivity contribution is 0.103. The minimum Gasteiger partial charge on any atom is -0.320 e. The standard InChI is InChI=1S/C15H13N3OS/c1-9-13(20-15(17-9)10-6-7-10)14(19)18-12-5-3-2-4-11(12)8-16/h2-5,10H,6-7H2,1H3,(H,18,19). The van der Waals surface area contributed by atoms with Crippen molar-refractivity contribution in [2.45, 2.75) is 25.7 Å². The molecule has 0 saturated heterocycles. The summed E-state index contributed by atoms with van der Waals surface area (Å²) >= 11 is 1.46. The Kier molecular flexibility index (Phi) is 3.25. The summed E-state index contributed by atoms with van der Waals surface area (Å²) in [6.45, 7) is 1.85. The molecule has 0 unspecified atom stereocenters. The van der Waals surface area contributed by atoms with E-state index in [4.69, 9.17) is 5.26 Å². The average molecular weight is 283 g/mol. The van der Waals surface area contributed by atoms with E-state index in [1.54, 1.807) is 24.3 Å². The Morgan fingerprint density at radius 2 is 2.20 bits per heavy atom. The number of aryl methyl sites for hydroxylation is 1. The van der Waals surface area contributed by atoms with Crippen molar-refractivity contribution in [2.24, 2.45) is 0 Å². The number of carbonyl (C=O) groups excluding carboxylic acids is 1. The van der Waals surface area contributed by atoms with Crippen molar-refractivity contribution in [1.82, 2.24) is 4.98 Å². The van der Waals surface area contributed by atoms with Gasteiger partial charge in [-0.25, -0.2) is 4.98 Å². The first kappa shape index (κ1) is 12.8. The van der Waals surface area contributed by atoms with Gasteiger partial charge in [-0.3, -0.25) is 4.79 Å². The Bertz CT molecular complexity index is 710. The van der Waals surface area contributed by atoms with Crippen LogP contribution in [0.5, 0.6) is 0 Å². The number of anilines is 1. The van der Waals surface area contributed by atoms with Crippen LogP contribution in [-0.2, 0) is 0 Å². The molecule has 4 nitrogen and oxygen atoms in total. The minimum atomic E-state index is -0.186. The number of amides is 1. The average Bonchev–Trinajstić information content (AvgIpc) is 3.22. The third-order valence-electron chi connectivity index (χ3n) is 3.24. The Balaban J connectivity index is 1.84. The molecule has 1 aliphatic rings. The molecule has 1 aromatic heterocycles. The van der Waals surface area contributed by atoms with Gasteiger partial charge in [0.05, 0.1) is 22.0 Å². The number of nitriles is 1. The van der Waals surface area contributed by atoms with E-state index >= 15 is 0 Å². The maximum absolute atomic E-state index is 12.3. The van der Waals surface area contributed by atoms with Gasteiger partial charge in [0.1, 0.15) is 10.9 Å².